The van der Waals surface area contributed by atoms with Crippen LogP contribution in [0.4, 0.5) is 0 Å². The molecule has 0 saturated heterocycles. The maximum Gasteiger partial charge on any atom is 0.257 e. The van der Waals surface area contributed by atoms with E-state index in [1.54, 1.807) is 54.3 Å². The number of hydrogen-bond donors (Lipinski definition) is 2. The molecule has 0 unspecified atom stereocenters. The molecule has 1 aromatic heterocycles. The van der Waals surface area contributed by atoms with Crippen molar-refractivity contribution in [2.24, 2.45) is 7.05 Å². The quantitative estimate of drug-likeness (QED) is 0.368. The highest BCUT2D eigenvalue weighted by atomic mass is 16.6. The van der Waals surface area contributed by atoms with Crippen LogP contribution in [0.15, 0.2) is 67.0 Å². The number of pyridine rings is 1. The Morgan fingerprint density at radius 3 is 1.18 bits per heavy atom. The molecule has 0 fully saturated rings. The van der Waals surface area contributed by atoms with Crippen molar-refractivity contribution in [2.75, 3.05) is 79.2 Å². The van der Waals surface area contributed by atoms with E-state index >= 15 is 0 Å². The average Bonchev–Trinajstić information content (AvgIpc) is 3.04. The first-order chi connectivity index (χ1) is 21.6. The summed E-state index contributed by atoms with van der Waals surface area (Å²) < 4.78 is 41.1. The number of aromatic nitrogens is 1. The Morgan fingerprint density at radius 2 is 0.818 bits per heavy atom. The monoisotopic (exact) mass is 610 g/mol. The van der Waals surface area contributed by atoms with Gasteiger partial charge < -0.3 is 43.8 Å². The van der Waals surface area contributed by atoms with Crippen LogP contribution in [0.1, 0.15) is 20.7 Å². The van der Waals surface area contributed by atoms with E-state index in [2.05, 4.69) is 10.6 Å². The minimum absolute atomic E-state index is 0.274. The van der Waals surface area contributed by atoms with Gasteiger partial charge in [-0.15, -0.1) is 0 Å². The summed E-state index contributed by atoms with van der Waals surface area (Å²) in [7, 11) is 1.76. The number of benzene rings is 2. The Labute approximate surface area is 257 Å². The summed E-state index contributed by atoms with van der Waals surface area (Å²) in [6.45, 7) is 4.69. The van der Waals surface area contributed by atoms with Crippen LogP contribution >= 0.6 is 0 Å². The van der Waals surface area contributed by atoms with Crippen LogP contribution in [0.2, 0.25) is 0 Å². The number of carbonyl (C=O) groups excluding carboxylic acids is 2. The maximum absolute atomic E-state index is 12.7. The van der Waals surface area contributed by atoms with E-state index in [9.17, 15) is 9.59 Å². The summed E-state index contributed by atoms with van der Waals surface area (Å²) in [6, 6.07) is 16.0. The summed E-state index contributed by atoms with van der Waals surface area (Å²) in [5, 5.41) is 5.65. The Bertz CT molecular complexity index is 1210. The molecule has 236 valence electrons. The first-order valence-corrected chi connectivity index (χ1v) is 14.6. The number of nitrogens with zero attached hydrogens (tertiary/aromatic N) is 1. The zero-order chi connectivity index (χ0) is 30.8. The van der Waals surface area contributed by atoms with Crippen molar-refractivity contribution >= 4 is 11.8 Å². The predicted octanol–water partition coefficient (Wildman–Crippen LogP) is 1.95. The number of rotatable bonds is 0. The second-order valence-electron chi connectivity index (χ2n) is 9.66. The van der Waals surface area contributed by atoms with Crippen LogP contribution in [0.3, 0.4) is 0 Å². The van der Waals surface area contributed by atoms with Crippen molar-refractivity contribution in [3.05, 3.63) is 78.1 Å². The Kier molecular flexibility index (Phi) is 13.5. The number of hydrogen-bond acceptors (Lipinski definition) is 9. The lowest BCUT2D eigenvalue weighted by atomic mass is 10.2. The lowest BCUT2D eigenvalue weighted by Crippen LogP contribution is -2.36. The molecule has 6 bridgehead atoms. The van der Waals surface area contributed by atoms with Crippen molar-refractivity contribution in [3.63, 3.8) is 0 Å². The van der Waals surface area contributed by atoms with E-state index in [1.165, 1.54) is 0 Å². The molecule has 0 atom stereocenters. The second kappa shape index (κ2) is 18.3. The van der Waals surface area contributed by atoms with Gasteiger partial charge in [0, 0.05) is 0 Å². The fraction of sp³-hybridized carbons (Fsp3) is 0.406. The van der Waals surface area contributed by atoms with Crippen LogP contribution in [-0.4, -0.2) is 91.0 Å². The van der Waals surface area contributed by atoms with Gasteiger partial charge in [-0.3, -0.25) is 9.59 Å². The molecule has 2 amide bonds. The van der Waals surface area contributed by atoms with Gasteiger partial charge in [0.1, 0.15) is 67.6 Å². The van der Waals surface area contributed by atoms with Crippen molar-refractivity contribution in [1.82, 2.24) is 10.6 Å². The molecule has 0 spiro atoms. The predicted molar refractivity (Wildman–Crippen MR) is 160 cm³/mol. The van der Waals surface area contributed by atoms with Gasteiger partial charge in [0.05, 0.1) is 52.7 Å². The minimum atomic E-state index is -0.308. The number of amides is 2. The largest absolute Gasteiger partial charge is 0.492 e. The fourth-order valence-corrected chi connectivity index (χ4v) is 4.08. The molecule has 12 nitrogen and oxygen atoms in total. The molecule has 0 aliphatic carbocycles. The summed E-state index contributed by atoms with van der Waals surface area (Å²) in [5.41, 5.74) is 0.723. The van der Waals surface area contributed by atoms with E-state index in [1.807, 2.05) is 24.3 Å². The van der Waals surface area contributed by atoms with Crippen molar-refractivity contribution in [1.29, 1.82) is 0 Å². The summed E-state index contributed by atoms with van der Waals surface area (Å²) >= 11 is 0. The zero-order valence-corrected chi connectivity index (χ0v) is 25.0. The van der Waals surface area contributed by atoms with Crippen molar-refractivity contribution < 1.29 is 47.3 Å². The molecule has 7 rings (SSSR count). The lowest BCUT2D eigenvalue weighted by Gasteiger charge is -2.11. The van der Waals surface area contributed by atoms with E-state index < -0.39 is 0 Å². The number of carbonyl (C=O) groups is 2. The molecule has 12 heteroatoms. The van der Waals surface area contributed by atoms with Crippen LogP contribution < -0.4 is 34.1 Å². The molecular weight excluding hydrogens is 570 g/mol. The Hall–Kier alpha value is -4.39. The smallest absolute Gasteiger partial charge is 0.257 e. The normalized spacial score (nSPS) is 17.0. The standard InChI is InChI=1S/C32H39N3O9/c1-35-23-25-22-26(24-35)32(37)34-11-13-42-28-4-8-30(9-5-28)44-21-19-40-17-15-38-14-16-39-18-20-43-29-6-2-27(3-7-29)41-12-10-33-31(25)36/h2-9,22-24H,10-21H2,1H3,(H-,33,34,36,37)/p+1. The molecule has 3 aromatic rings. The van der Waals surface area contributed by atoms with Crippen LogP contribution in [0, 0.1) is 0 Å². The second-order valence-corrected chi connectivity index (χ2v) is 9.66. The highest BCUT2D eigenvalue weighted by Gasteiger charge is 2.16. The molecule has 0 saturated carbocycles. The third-order valence-corrected chi connectivity index (χ3v) is 6.22. The Morgan fingerprint density at radius 1 is 0.500 bits per heavy atom. The summed E-state index contributed by atoms with van der Waals surface area (Å²) in [5.74, 6) is 2.09. The number of nitrogens with one attached hydrogen (secondary N) is 2. The van der Waals surface area contributed by atoms with Crippen LogP contribution in [0.25, 0.3) is 0 Å². The SMILES string of the molecule is C[n+]1cc2cc(c1)C(=O)NCCOc1ccc(cc1)OCCOCCOCCOCCOc1ccc(cc1)OCCNC2=O. The maximum atomic E-state index is 12.7. The van der Waals surface area contributed by atoms with Gasteiger partial charge in [-0.1, -0.05) is 0 Å². The topological polar surface area (TPSA) is 127 Å². The van der Waals surface area contributed by atoms with Crippen molar-refractivity contribution in [3.8, 4) is 23.0 Å². The van der Waals surface area contributed by atoms with E-state index in [-0.39, 0.29) is 38.1 Å². The van der Waals surface area contributed by atoms with E-state index in [0.29, 0.717) is 87.0 Å². The lowest BCUT2D eigenvalue weighted by molar-refractivity contribution is -0.671. The van der Waals surface area contributed by atoms with Gasteiger partial charge in [-0.2, -0.15) is 0 Å². The molecule has 4 aliphatic heterocycles. The average molecular weight is 611 g/mol. The van der Waals surface area contributed by atoms with E-state index in [0.717, 1.165) is 0 Å². The third-order valence-electron chi connectivity index (χ3n) is 6.22. The highest BCUT2D eigenvalue weighted by Crippen LogP contribution is 2.18. The third kappa shape index (κ3) is 11.7. The van der Waals surface area contributed by atoms with Gasteiger partial charge >= 0.3 is 0 Å². The molecule has 4 aliphatic rings. The molecule has 5 heterocycles. The van der Waals surface area contributed by atoms with Crippen LogP contribution in [0.5, 0.6) is 23.0 Å². The van der Waals surface area contributed by atoms with Crippen molar-refractivity contribution in [2.45, 2.75) is 0 Å². The first-order valence-electron chi connectivity index (χ1n) is 14.6. The molecule has 2 N–H and O–H groups in total. The Balaban J connectivity index is 1.29. The van der Waals surface area contributed by atoms with Gasteiger partial charge in [0.2, 0.25) is 0 Å². The molecule has 2 aromatic carbocycles. The number of ether oxygens (including phenoxy) is 7. The zero-order valence-electron chi connectivity index (χ0n) is 25.0. The molecule has 44 heavy (non-hydrogen) atoms. The van der Waals surface area contributed by atoms with Gasteiger partial charge in [0.15, 0.2) is 12.4 Å². The van der Waals surface area contributed by atoms with Gasteiger partial charge in [-0.05, 0) is 54.6 Å². The molecule has 0 radical (unpaired) electrons. The summed E-state index contributed by atoms with van der Waals surface area (Å²) in [4.78, 5) is 25.5. The first kappa shape index (κ1) is 32.5. The number of aryl methyl sites for hydroxylation is 1. The minimum Gasteiger partial charge on any atom is -0.492 e. The fourth-order valence-electron chi connectivity index (χ4n) is 4.08. The molecular formula is C32H40N3O9+. The summed E-state index contributed by atoms with van der Waals surface area (Å²) in [6.07, 6.45) is 3.31. The van der Waals surface area contributed by atoms with Crippen LogP contribution in [-0.2, 0) is 21.3 Å². The van der Waals surface area contributed by atoms with Gasteiger partial charge in [0.25, 0.3) is 11.8 Å². The van der Waals surface area contributed by atoms with E-state index in [4.69, 9.17) is 33.2 Å². The van der Waals surface area contributed by atoms with Gasteiger partial charge in [-0.25, -0.2) is 4.57 Å². The highest BCUT2D eigenvalue weighted by molar-refractivity contribution is 5.98.